The third kappa shape index (κ3) is 2.94. The molecule has 2 aliphatic heterocycles. The van der Waals surface area contributed by atoms with Crippen molar-refractivity contribution in [2.24, 2.45) is 12.5 Å². The van der Waals surface area contributed by atoms with Gasteiger partial charge >= 0.3 is 0 Å². The molecule has 7 nitrogen and oxygen atoms in total. The molecule has 2 fully saturated rings. The topological polar surface area (TPSA) is 67.2 Å². The van der Waals surface area contributed by atoms with Gasteiger partial charge in [0, 0.05) is 45.8 Å². The van der Waals surface area contributed by atoms with Gasteiger partial charge < -0.3 is 9.80 Å². The maximum atomic E-state index is 15.0. The predicted octanol–water partition coefficient (Wildman–Crippen LogP) is 1.90. The van der Waals surface area contributed by atoms with E-state index in [-0.39, 0.29) is 32.0 Å². The van der Waals surface area contributed by atoms with Crippen molar-refractivity contribution >= 4 is 11.7 Å². The number of anilines is 1. The van der Waals surface area contributed by atoms with Crippen molar-refractivity contribution in [1.82, 2.24) is 24.9 Å². The molecule has 0 aliphatic carbocycles. The van der Waals surface area contributed by atoms with Crippen molar-refractivity contribution in [2.75, 3.05) is 31.1 Å². The summed E-state index contributed by atoms with van der Waals surface area (Å²) >= 11 is 0. The molecule has 144 valence electrons. The van der Waals surface area contributed by atoms with Gasteiger partial charge in [-0.25, -0.2) is 8.78 Å². The molecular formula is C18H22F2N6O. The standard InChI is InChI=1S/C18H22F2N6O/c1-13-3-4-15(23-22-13)25-9-6-17(11-25)12-26(10-7-18(17,19)20)16(27)14-5-8-21-24(14)2/h3-5,8H,6-7,9-12H2,1-2H3/t17-/m1/s1. The summed E-state index contributed by atoms with van der Waals surface area (Å²) in [5, 5.41) is 12.2. The van der Waals surface area contributed by atoms with E-state index in [0.717, 1.165) is 5.69 Å². The van der Waals surface area contributed by atoms with Gasteiger partial charge in [0.1, 0.15) is 5.69 Å². The number of amides is 1. The fourth-order valence-electron chi connectivity index (χ4n) is 4.08. The molecule has 2 aromatic rings. The van der Waals surface area contributed by atoms with Gasteiger partial charge in [-0.1, -0.05) is 0 Å². The molecule has 1 amide bonds. The molecule has 4 heterocycles. The van der Waals surface area contributed by atoms with Crippen LogP contribution in [0.5, 0.6) is 0 Å². The van der Waals surface area contributed by atoms with Crippen LogP contribution in [0.25, 0.3) is 0 Å². The van der Waals surface area contributed by atoms with Crippen LogP contribution in [-0.2, 0) is 7.05 Å². The van der Waals surface area contributed by atoms with E-state index in [1.54, 1.807) is 24.1 Å². The van der Waals surface area contributed by atoms with Crippen molar-refractivity contribution in [3.63, 3.8) is 0 Å². The highest BCUT2D eigenvalue weighted by atomic mass is 19.3. The molecule has 0 radical (unpaired) electrons. The number of carbonyl (C=O) groups is 1. The number of aryl methyl sites for hydroxylation is 2. The first-order chi connectivity index (χ1) is 12.8. The van der Waals surface area contributed by atoms with E-state index in [1.807, 2.05) is 17.9 Å². The number of rotatable bonds is 2. The number of piperidine rings is 1. The lowest BCUT2D eigenvalue weighted by Gasteiger charge is -2.45. The summed E-state index contributed by atoms with van der Waals surface area (Å²) in [6, 6.07) is 5.25. The monoisotopic (exact) mass is 376 g/mol. The van der Waals surface area contributed by atoms with Crippen LogP contribution >= 0.6 is 0 Å². The lowest BCUT2D eigenvalue weighted by atomic mass is 9.75. The summed E-state index contributed by atoms with van der Waals surface area (Å²) in [4.78, 5) is 16.2. The Morgan fingerprint density at radius 3 is 2.59 bits per heavy atom. The summed E-state index contributed by atoms with van der Waals surface area (Å²) in [6.07, 6.45) is 1.52. The summed E-state index contributed by atoms with van der Waals surface area (Å²) in [6.45, 7) is 2.54. The van der Waals surface area contributed by atoms with Gasteiger partial charge in [-0.2, -0.15) is 10.2 Å². The Morgan fingerprint density at radius 2 is 1.93 bits per heavy atom. The van der Waals surface area contributed by atoms with Crippen LogP contribution < -0.4 is 4.90 Å². The van der Waals surface area contributed by atoms with Gasteiger partial charge in [-0.05, 0) is 31.5 Å². The number of aromatic nitrogens is 4. The number of hydrogen-bond donors (Lipinski definition) is 0. The number of likely N-dealkylation sites (tertiary alicyclic amines) is 1. The number of hydrogen-bond acceptors (Lipinski definition) is 5. The Hall–Kier alpha value is -2.58. The smallest absolute Gasteiger partial charge is 0.272 e. The molecule has 0 saturated carbocycles. The van der Waals surface area contributed by atoms with Crippen molar-refractivity contribution in [1.29, 1.82) is 0 Å². The molecule has 1 atom stereocenters. The molecule has 9 heteroatoms. The maximum absolute atomic E-state index is 15.0. The number of alkyl halides is 2. The first-order valence-corrected chi connectivity index (χ1v) is 9.02. The molecule has 2 saturated heterocycles. The zero-order valence-corrected chi connectivity index (χ0v) is 15.4. The molecule has 0 aromatic carbocycles. The average molecular weight is 376 g/mol. The third-order valence-corrected chi connectivity index (χ3v) is 5.75. The lowest BCUT2D eigenvalue weighted by Crippen LogP contribution is -2.58. The highest BCUT2D eigenvalue weighted by Crippen LogP contribution is 2.50. The van der Waals surface area contributed by atoms with Gasteiger partial charge in [0.2, 0.25) is 0 Å². The van der Waals surface area contributed by atoms with Gasteiger partial charge in [0.05, 0.1) is 11.1 Å². The Bertz CT molecular complexity index is 852. The highest BCUT2D eigenvalue weighted by Gasteiger charge is 2.60. The van der Waals surface area contributed by atoms with Crippen LogP contribution in [0.3, 0.4) is 0 Å². The zero-order valence-electron chi connectivity index (χ0n) is 15.4. The van der Waals surface area contributed by atoms with Crippen molar-refractivity contribution < 1.29 is 13.6 Å². The Morgan fingerprint density at radius 1 is 1.11 bits per heavy atom. The fraction of sp³-hybridized carbons (Fsp3) is 0.556. The minimum atomic E-state index is -2.83. The number of carbonyl (C=O) groups excluding carboxylic acids is 1. The van der Waals surface area contributed by atoms with E-state index in [9.17, 15) is 13.6 Å². The third-order valence-electron chi connectivity index (χ3n) is 5.75. The van der Waals surface area contributed by atoms with Crippen LogP contribution in [0.15, 0.2) is 24.4 Å². The largest absolute Gasteiger partial charge is 0.354 e. The summed E-state index contributed by atoms with van der Waals surface area (Å²) in [5.74, 6) is -2.48. The second-order valence-corrected chi connectivity index (χ2v) is 7.51. The fourth-order valence-corrected chi connectivity index (χ4v) is 4.08. The van der Waals surface area contributed by atoms with Gasteiger partial charge in [-0.3, -0.25) is 9.48 Å². The molecule has 0 bridgehead atoms. The normalized spacial score (nSPS) is 24.6. The van der Waals surface area contributed by atoms with E-state index in [2.05, 4.69) is 15.3 Å². The molecule has 27 heavy (non-hydrogen) atoms. The molecule has 0 N–H and O–H groups in total. The van der Waals surface area contributed by atoms with Crippen LogP contribution in [0.2, 0.25) is 0 Å². The van der Waals surface area contributed by atoms with E-state index < -0.39 is 11.3 Å². The van der Waals surface area contributed by atoms with Crippen LogP contribution in [0.1, 0.15) is 29.0 Å². The molecular weight excluding hydrogens is 354 g/mol. The molecule has 4 rings (SSSR count). The van der Waals surface area contributed by atoms with Gasteiger partial charge in [0.25, 0.3) is 11.8 Å². The second kappa shape index (κ2) is 6.24. The molecule has 1 spiro atoms. The molecule has 2 aliphatic rings. The Labute approximate surface area is 156 Å². The first-order valence-electron chi connectivity index (χ1n) is 9.02. The van der Waals surface area contributed by atoms with Crippen molar-refractivity contribution in [2.45, 2.75) is 25.7 Å². The summed E-state index contributed by atoms with van der Waals surface area (Å²) in [5.41, 5.74) is -0.0790. The quantitative estimate of drug-likeness (QED) is 0.801. The van der Waals surface area contributed by atoms with E-state index in [4.69, 9.17) is 0 Å². The van der Waals surface area contributed by atoms with Crippen molar-refractivity contribution in [3.8, 4) is 0 Å². The summed E-state index contributed by atoms with van der Waals surface area (Å²) < 4.78 is 31.4. The minimum absolute atomic E-state index is 0.0276. The highest BCUT2D eigenvalue weighted by molar-refractivity contribution is 5.92. The van der Waals surface area contributed by atoms with E-state index in [1.165, 1.54) is 10.9 Å². The minimum Gasteiger partial charge on any atom is -0.354 e. The SMILES string of the molecule is Cc1ccc(N2CC[C@]3(CN(C(=O)c4ccnn4C)CCC3(F)F)C2)nn1. The lowest BCUT2D eigenvalue weighted by molar-refractivity contribution is -0.150. The molecule has 0 unspecified atom stereocenters. The summed E-state index contributed by atoms with van der Waals surface area (Å²) in [7, 11) is 1.68. The first kappa shape index (κ1) is 17.8. The average Bonchev–Trinajstić information content (AvgIpc) is 3.25. The Kier molecular flexibility index (Phi) is 4.12. The van der Waals surface area contributed by atoms with E-state index >= 15 is 0 Å². The second-order valence-electron chi connectivity index (χ2n) is 7.51. The maximum Gasteiger partial charge on any atom is 0.272 e. The Balaban J connectivity index is 1.57. The number of halogens is 2. The predicted molar refractivity (Wildman–Crippen MR) is 94.7 cm³/mol. The van der Waals surface area contributed by atoms with Crippen LogP contribution in [0, 0.1) is 12.3 Å². The van der Waals surface area contributed by atoms with Gasteiger partial charge in [0.15, 0.2) is 5.82 Å². The van der Waals surface area contributed by atoms with Crippen LogP contribution in [-0.4, -0.2) is 62.9 Å². The van der Waals surface area contributed by atoms with E-state index in [0.29, 0.717) is 24.5 Å². The van der Waals surface area contributed by atoms with Gasteiger partial charge in [-0.15, -0.1) is 5.10 Å². The molecule has 2 aromatic heterocycles. The van der Waals surface area contributed by atoms with Crippen LogP contribution in [0.4, 0.5) is 14.6 Å². The van der Waals surface area contributed by atoms with Crippen molar-refractivity contribution in [3.05, 3.63) is 35.8 Å². The number of nitrogens with zero attached hydrogens (tertiary/aromatic N) is 6. The zero-order chi connectivity index (χ0) is 19.2.